The highest BCUT2D eigenvalue weighted by molar-refractivity contribution is 8.23. The predicted octanol–water partition coefficient (Wildman–Crippen LogP) is 3.15. The van der Waals surface area contributed by atoms with Crippen molar-refractivity contribution < 1.29 is 4.79 Å². The summed E-state index contributed by atoms with van der Waals surface area (Å²) in [4.78, 5) is 11.7. The minimum atomic E-state index is 0.0573. The number of ketones is 1. The molecule has 0 spiro atoms. The minimum Gasteiger partial charge on any atom is -0.371 e. The Balaban J connectivity index is 2.47. The van der Waals surface area contributed by atoms with E-state index < -0.39 is 0 Å². The molecule has 0 saturated carbocycles. The Morgan fingerprint density at radius 3 is 2.62 bits per heavy atom. The zero-order valence-electron chi connectivity index (χ0n) is 8.83. The summed E-state index contributed by atoms with van der Waals surface area (Å²) in [6.45, 7) is 2.74. The Bertz CT molecular complexity index is 378. The van der Waals surface area contributed by atoms with Gasteiger partial charge in [-0.25, -0.2) is 0 Å². The van der Waals surface area contributed by atoms with E-state index >= 15 is 0 Å². The third-order valence-electron chi connectivity index (χ3n) is 1.82. The highest BCUT2D eigenvalue weighted by Gasteiger charge is 2.07. The summed E-state index contributed by atoms with van der Waals surface area (Å²) >= 11 is 12.1. The molecule has 16 heavy (non-hydrogen) atoms. The van der Waals surface area contributed by atoms with Gasteiger partial charge in [-0.1, -0.05) is 35.6 Å². The second kappa shape index (κ2) is 6.89. The van der Waals surface area contributed by atoms with Crippen LogP contribution in [0.25, 0.3) is 0 Å². The fourth-order valence-corrected chi connectivity index (χ4v) is 2.17. The summed E-state index contributed by atoms with van der Waals surface area (Å²) in [5.41, 5.74) is 0.663. The number of Topliss-reactive ketones (excluding diaryl/α,β-unsaturated/α-hetero) is 1. The molecule has 0 amide bonds. The van der Waals surface area contributed by atoms with Crippen LogP contribution >= 0.6 is 35.6 Å². The van der Waals surface area contributed by atoms with Gasteiger partial charge in [0.05, 0.1) is 5.75 Å². The van der Waals surface area contributed by atoms with Gasteiger partial charge in [-0.15, -0.1) is 0 Å². The number of rotatable bonds is 4. The third-order valence-corrected chi connectivity index (χ3v) is 3.38. The van der Waals surface area contributed by atoms with E-state index in [4.69, 9.17) is 23.8 Å². The van der Waals surface area contributed by atoms with Crippen molar-refractivity contribution >= 4 is 45.7 Å². The van der Waals surface area contributed by atoms with Crippen molar-refractivity contribution in [2.24, 2.45) is 0 Å². The van der Waals surface area contributed by atoms with E-state index in [2.05, 4.69) is 5.32 Å². The molecule has 86 valence electrons. The fraction of sp³-hybridized carbons (Fsp3) is 0.273. The van der Waals surface area contributed by atoms with Crippen molar-refractivity contribution in [2.45, 2.75) is 6.92 Å². The van der Waals surface area contributed by atoms with Gasteiger partial charge >= 0.3 is 0 Å². The number of hydrogen-bond donors (Lipinski definition) is 1. The lowest BCUT2D eigenvalue weighted by molar-refractivity contribution is 0.102. The van der Waals surface area contributed by atoms with Crippen LogP contribution in [0.3, 0.4) is 0 Å². The van der Waals surface area contributed by atoms with Crippen molar-refractivity contribution in [2.75, 3.05) is 12.3 Å². The first-order chi connectivity index (χ1) is 7.63. The van der Waals surface area contributed by atoms with Crippen LogP contribution in [0.15, 0.2) is 24.3 Å². The molecule has 1 N–H and O–H groups in total. The summed E-state index contributed by atoms with van der Waals surface area (Å²) < 4.78 is 0.657. The molecule has 0 radical (unpaired) electrons. The molecule has 0 aromatic heterocycles. The summed E-state index contributed by atoms with van der Waals surface area (Å²) in [5, 5.41) is 3.61. The zero-order chi connectivity index (χ0) is 12.0. The summed E-state index contributed by atoms with van der Waals surface area (Å²) in [5.74, 6) is 0.412. The highest BCUT2D eigenvalue weighted by Crippen LogP contribution is 2.12. The first-order valence-electron chi connectivity index (χ1n) is 4.83. The molecule has 0 heterocycles. The maximum Gasteiger partial charge on any atom is 0.173 e. The number of benzene rings is 1. The van der Waals surface area contributed by atoms with Gasteiger partial charge < -0.3 is 5.32 Å². The average Bonchev–Trinajstić information content (AvgIpc) is 2.27. The fourth-order valence-electron chi connectivity index (χ4n) is 1.05. The summed E-state index contributed by atoms with van der Waals surface area (Å²) in [6, 6.07) is 6.87. The summed E-state index contributed by atoms with van der Waals surface area (Å²) in [7, 11) is 0. The Kier molecular flexibility index (Phi) is 5.80. The van der Waals surface area contributed by atoms with Gasteiger partial charge in [-0.05, 0) is 31.2 Å². The molecule has 0 aliphatic rings. The Hall–Kier alpha value is -0.580. The van der Waals surface area contributed by atoms with Gasteiger partial charge in [0.25, 0.3) is 0 Å². The van der Waals surface area contributed by atoms with E-state index in [9.17, 15) is 4.79 Å². The molecule has 1 aromatic rings. The monoisotopic (exact) mass is 273 g/mol. The molecule has 0 saturated heterocycles. The maximum atomic E-state index is 11.7. The van der Waals surface area contributed by atoms with Crippen LogP contribution in [-0.4, -0.2) is 22.4 Å². The van der Waals surface area contributed by atoms with Crippen LogP contribution in [-0.2, 0) is 0 Å². The van der Waals surface area contributed by atoms with E-state index in [0.29, 0.717) is 20.7 Å². The first kappa shape index (κ1) is 13.5. The average molecular weight is 274 g/mol. The minimum absolute atomic E-state index is 0.0573. The number of hydrogen-bond acceptors (Lipinski definition) is 3. The van der Waals surface area contributed by atoms with Crippen molar-refractivity contribution in [3.05, 3.63) is 34.9 Å². The molecule has 0 fully saturated rings. The van der Waals surface area contributed by atoms with E-state index in [1.807, 2.05) is 6.92 Å². The normalized spacial score (nSPS) is 9.88. The van der Waals surface area contributed by atoms with E-state index in [-0.39, 0.29) is 5.78 Å². The number of thioether (sulfide) groups is 1. The Morgan fingerprint density at radius 1 is 1.44 bits per heavy atom. The van der Waals surface area contributed by atoms with Crippen LogP contribution in [0, 0.1) is 0 Å². The van der Waals surface area contributed by atoms with E-state index in [1.54, 1.807) is 24.3 Å². The molecule has 5 heteroatoms. The van der Waals surface area contributed by atoms with Crippen LogP contribution in [0.2, 0.25) is 5.02 Å². The number of nitrogens with one attached hydrogen (secondary N) is 1. The van der Waals surface area contributed by atoms with Crippen LogP contribution < -0.4 is 5.32 Å². The van der Waals surface area contributed by atoms with Crippen LogP contribution in [0.4, 0.5) is 0 Å². The Morgan fingerprint density at radius 2 is 2.06 bits per heavy atom. The van der Waals surface area contributed by atoms with Gasteiger partial charge in [-0.2, -0.15) is 0 Å². The first-order valence-corrected chi connectivity index (χ1v) is 6.60. The van der Waals surface area contributed by atoms with E-state index in [0.717, 1.165) is 6.54 Å². The van der Waals surface area contributed by atoms with Gasteiger partial charge in [0.1, 0.15) is 4.32 Å². The van der Waals surface area contributed by atoms with Crippen molar-refractivity contribution in [3.8, 4) is 0 Å². The van der Waals surface area contributed by atoms with Gasteiger partial charge in [0.2, 0.25) is 0 Å². The van der Waals surface area contributed by atoms with Crippen molar-refractivity contribution in [1.29, 1.82) is 0 Å². The van der Waals surface area contributed by atoms with Gasteiger partial charge in [0.15, 0.2) is 5.78 Å². The molecule has 2 nitrogen and oxygen atoms in total. The Labute approximate surface area is 110 Å². The highest BCUT2D eigenvalue weighted by atomic mass is 35.5. The molecule has 0 aliphatic carbocycles. The lowest BCUT2D eigenvalue weighted by Crippen LogP contribution is -2.18. The number of carbonyl (C=O) groups excluding carboxylic acids is 1. The second-order valence-corrected chi connectivity index (χ2v) is 5.13. The van der Waals surface area contributed by atoms with Gasteiger partial charge in [0, 0.05) is 17.1 Å². The molecule has 0 bridgehead atoms. The topological polar surface area (TPSA) is 29.1 Å². The molecule has 0 unspecified atom stereocenters. The molecular formula is C11H12ClNOS2. The largest absolute Gasteiger partial charge is 0.371 e. The van der Waals surface area contributed by atoms with E-state index in [1.165, 1.54) is 11.8 Å². The second-order valence-electron chi connectivity index (χ2n) is 3.04. The maximum absolute atomic E-state index is 11.7. The van der Waals surface area contributed by atoms with Crippen LogP contribution in [0.5, 0.6) is 0 Å². The summed E-state index contributed by atoms with van der Waals surface area (Å²) in [6.07, 6.45) is 0. The number of halogens is 1. The molecule has 0 aliphatic heterocycles. The quantitative estimate of drug-likeness (QED) is 0.674. The SMILES string of the molecule is CCNC(=S)SCC(=O)c1ccc(Cl)cc1. The zero-order valence-corrected chi connectivity index (χ0v) is 11.2. The lowest BCUT2D eigenvalue weighted by Gasteiger charge is -2.04. The van der Waals surface area contributed by atoms with Crippen LogP contribution in [0.1, 0.15) is 17.3 Å². The standard InChI is InChI=1S/C11H12ClNOS2/c1-2-13-11(15)16-7-10(14)8-3-5-9(12)6-4-8/h3-6H,2,7H2,1H3,(H,13,15). The van der Waals surface area contributed by atoms with Gasteiger partial charge in [-0.3, -0.25) is 4.79 Å². The molecule has 1 aromatic carbocycles. The predicted molar refractivity (Wildman–Crippen MR) is 74.5 cm³/mol. The number of thiocarbonyl (C=S) groups is 1. The smallest absolute Gasteiger partial charge is 0.173 e. The number of carbonyl (C=O) groups is 1. The van der Waals surface area contributed by atoms with Crippen molar-refractivity contribution in [3.63, 3.8) is 0 Å². The third kappa shape index (κ3) is 4.51. The van der Waals surface area contributed by atoms with Crippen molar-refractivity contribution in [1.82, 2.24) is 5.32 Å². The molecule has 1 rings (SSSR count). The lowest BCUT2D eigenvalue weighted by atomic mass is 10.1. The molecular weight excluding hydrogens is 262 g/mol. The molecule has 0 atom stereocenters.